The summed E-state index contributed by atoms with van der Waals surface area (Å²) in [5.41, 5.74) is 1.89. The van der Waals surface area contributed by atoms with Crippen LogP contribution in [0.1, 0.15) is 43.6 Å². The van der Waals surface area contributed by atoms with Gasteiger partial charge in [-0.15, -0.1) is 0 Å². The summed E-state index contributed by atoms with van der Waals surface area (Å²) in [5, 5.41) is 11.0. The third-order valence-corrected chi connectivity index (χ3v) is 6.31. The van der Waals surface area contributed by atoms with Gasteiger partial charge in [0.25, 0.3) is 0 Å². The Labute approximate surface area is 166 Å². The fourth-order valence-electron chi connectivity index (χ4n) is 4.33. The smallest absolute Gasteiger partial charge is 0.323 e. The predicted octanol–water partition coefficient (Wildman–Crippen LogP) is 5.59. The van der Waals surface area contributed by atoms with Crippen molar-refractivity contribution in [1.29, 1.82) is 0 Å². The molecule has 0 atom stereocenters. The van der Waals surface area contributed by atoms with Crippen LogP contribution in [-0.4, -0.2) is 15.6 Å². The van der Waals surface area contributed by atoms with Crippen LogP contribution in [0.3, 0.4) is 0 Å². The predicted molar refractivity (Wildman–Crippen MR) is 109 cm³/mol. The number of aliphatic carboxylic acids is 1. The highest BCUT2D eigenvalue weighted by Crippen LogP contribution is 2.37. The molecule has 0 unspecified atom stereocenters. The van der Waals surface area contributed by atoms with Crippen LogP contribution in [-0.2, 0) is 11.3 Å². The lowest BCUT2D eigenvalue weighted by Crippen LogP contribution is -2.18. The van der Waals surface area contributed by atoms with E-state index in [1.807, 2.05) is 12.1 Å². The minimum absolute atomic E-state index is 0.110. The van der Waals surface area contributed by atoms with Crippen LogP contribution in [0.2, 0.25) is 10.0 Å². The summed E-state index contributed by atoms with van der Waals surface area (Å²) in [6.45, 7) is -0.290. The molecule has 1 saturated carbocycles. The van der Waals surface area contributed by atoms with Crippen LogP contribution in [0.15, 0.2) is 35.1 Å². The number of halogens is 2. The zero-order valence-corrected chi connectivity index (χ0v) is 16.2. The van der Waals surface area contributed by atoms with Crippen LogP contribution in [0.25, 0.3) is 21.8 Å². The van der Waals surface area contributed by atoms with Gasteiger partial charge in [0.15, 0.2) is 5.43 Å². The Morgan fingerprint density at radius 1 is 1.11 bits per heavy atom. The Hall–Kier alpha value is -2.04. The van der Waals surface area contributed by atoms with Crippen molar-refractivity contribution in [2.45, 2.75) is 44.6 Å². The van der Waals surface area contributed by atoms with E-state index >= 15 is 0 Å². The summed E-state index contributed by atoms with van der Waals surface area (Å²) in [4.78, 5) is 24.9. The zero-order chi connectivity index (χ0) is 19.1. The molecule has 0 aliphatic heterocycles. The van der Waals surface area contributed by atoms with E-state index in [4.69, 9.17) is 23.2 Å². The molecule has 1 heterocycles. The molecule has 1 N–H and O–H groups in total. The van der Waals surface area contributed by atoms with Crippen molar-refractivity contribution in [3.05, 3.63) is 56.2 Å². The second kappa shape index (κ2) is 7.17. The van der Waals surface area contributed by atoms with Crippen LogP contribution >= 0.6 is 23.2 Å². The Bertz CT molecular complexity index is 1110. The fraction of sp³-hybridized carbons (Fsp3) is 0.333. The number of hydrogen-bond acceptors (Lipinski definition) is 2. The quantitative estimate of drug-likeness (QED) is 0.579. The molecule has 4 rings (SSSR count). The Morgan fingerprint density at radius 3 is 2.56 bits per heavy atom. The van der Waals surface area contributed by atoms with Crippen molar-refractivity contribution in [1.82, 2.24) is 4.57 Å². The number of rotatable bonds is 3. The van der Waals surface area contributed by atoms with Crippen LogP contribution in [0.4, 0.5) is 0 Å². The second-order valence-corrected chi connectivity index (χ2v) is 7.93. The van der Waals surface area contributed by atoms with Gasteiger partial charge >= 0.3 is 5.97 Å². The van der Waals surface area contributed by atoms with E-state index in [0.717, 1.165) is 31.2 Å². The van der Waals surface area contributed by atoms with Crippen LogP contribution < -0.4 is 5.43 Å². The van der Waals surface area contributed by atoms with E-state index in [1.165, 1.54) is 6.42 Å². The highest BCUT2D eigenvalue weighted by atomic mass is 35.5. The first-order valence-electron chi connectivity index (χ1n) is 9.14. The molecule has 27 heavy (non-hydrogen) atoms. The van der Waals surface area contributed by atoms with Crippen LogP contribution in [0.5, 0.6) is 0 Å². The lowest BCUT2D eigenvalue weighted by molar-refractivity contribution is -0.137. The van der Waals surface area contributed by atoms with Gasteiger partial charge in [-0.3, -0.25) is 9.59 Å². The molecule has 1 aliphatic carbocycles. The molecule has 0 spiro atoms. The largest absolute Gasteiger partial charge is 0.480 e. The van der Waals surface area contributed by atoms with Gasteiger partial charge in [0.1, 0.15) is 6.54 Å². The molecule has 3 aromatic rings. The highest BCUT2D eigenvalue weighted by Gasteiger charge is 2.23. The van der Waals surface area contributed by atoms with E-state index in [-0.39, 0.29) is 17.0 Å². The molecule has 1 aromatic heterocycles. The van der Waals surface area contributed by atoms with E-state index in [1.54, 1.807) is 22.8 Å². The Balaban J connectivity index is 2.14. The molecule has 0 amide bonds. The van der Waals surface area contributed by atoms with Gasteiger partial charge in [-0.05, 0) is 42.5 Å². The number of nitrogens with zero attached hydrogens (tertiary/aromatic N) is 1. The third kappa shape index (κ3) is 3.11. The average molecular weight is 404 g/mol. The monoisotopic (exact) mass is 403 g/mol. The van der Waals surface area contributed by atoms with Gasteiger partial charge in [0.2, 0.25) is 0 Å². The van der Waals surface area contributed by atoms with E-state index < -0.39 is 5.97 Å². The number of aromatic nitrogens is 1. The molecular weight excluding hydrogens is 385 g/mol. The van der Waals surface area contributed by atoms with Gasteiger partial charge in [0, 0.05) is 10.8 Å². The third-order valence-electron chi connectivity index (χ3n) is 5.51. The van der Waals surface area contributed by atoms with Crippen molar-refractivity contribution < 1.29 is 9.90 Å². The van der Waals surface area contributed by atoms with Gasteiger partial charge in [-0.25, -0.2) is 0 Å². The number of benzene rings is 2. The average Bonchev–Trinajstić information content (AvgIpc) is 2.67. The molecule has 0 radical (unpaired) electrons. The number of fused-ring (bicyclic) bond motifs is 2. The molecule has 1 aliphatic rings. The second-order valence-electron chi connectivity index (χ2n) is 7.14. The first-order valence-corrected chi connectivity index (χ1v) is 9.89. The summed E-state index contributed by atoms with van der Waals surface area (Å²) < 4.78 is 1.61. The minimum Gasteiger partial charge on any atom is -0.480 e. The normalized spacial score (nSPS) is 15.5. The molecular formula is C21H19Cl2NO3. The van der Waals surface area contributed by atoms with E-state index in [9.17, 15) is 14.7 Å². The highest BCUT2D eigenvalue weighted by molar-refractivity contribution is 6.45. The maximum atomic E-state index is 13.4. The zero-order valence-electron chi connectivity index (χ0n) is 14.7. The van der Waals surface area contributed by atoms with Crippen molar-refractivity contribution in [3.8, 4) is 0 Å². The van der Waals surface area contributed by atoms with Gasteiger partial charge in [-0.1, -0.05) is 54.6 Å². The summed E-state index contributed by atoms with van der Waals surface area (Å²) in [7, 11) is 0. The number of carboxylic acids is 1. The minimum atomic E-state index is -1.000. The lowest BCUT2D eigenvalue weighted by Gasteiger charge is -2.24. The summed E-state index contributed by atoms with van der Waals surface area (Å²) >= 11 is 12.5. The summed E-state index contributed by atoms with van der Waals surface area (Å²) in [5.74, 6) is -0.672. The van der Waals surface area contributed by atoms with Crippen molar-refractivity contribution in [2.24, 2.45) is 0 Å². The maximum Gasteiger partial charge on any atom is 0.323 e. The molecule has 2 aromatic carbocycles. The molecule has 140 valence electrons. The van der Waals surface area contributed by atoms with Gasteiger partial charge in [-0.2, -0.15) is 0 Å². The molecule has 0 bridgehead atoms. The fourth-order valence-corrected chi connectivity index (χ4v) is 4.74. The number of carboxylic acid groups (broad SMARTS) is 1. The van der Waals surface area contributed by atoms with Gasteiger partial charge in [0.05, 0.1) is 21.1 Å². The van der Waals surface area contributed by atoms with Crippen LogP contribution in [0, 0.1) is 0 Å². The lowest BCUT2D eigenvalue weighted by atomic mass is 9.82. The standard InChI is InChI=1S/C21H19Cl2NO3/c22-15-10-9-14-20(19(15)23)24(11-17(25)26)16-8-4-7-13(18(16)21(14)27)12-5-2-1-3-6-12/h4,7-10,12H,1-3,5-6,11H2,(H,25,26). The number of pyridine rings is 1. The maximum absolute atomic E-state index is 13.4. The SMILES string of the molecule is O=C(O)Cn1c2cccc(C3CCCCC3)c2c(=O)c2ccc(Cl)c(Cl)c21. The number of hydrogen-bond donors (Lipinski definition) is 1. The molecule has 1 fully saturated rings. The van der Waals surface area contributed by atoms with E-state index in [2.05, 4.69) is 0 Å². The topological polar surface area (TPSA) is 59.3 Å². The van der Waals surface area contributed by atoms with E-state index in [0.29, 0.717) is 32.7 Å². The number of carbonyl (C=O) groups is 1. The first-order chi connectivity index (χ1) is 13.0. The van der Waals surface area contributed by atoms with Crippen molar-refractivity contribution in [2.75, 3.05) is 0 Å². The van der Waals surface area contributed by atoms with Gasteiger partial charge < -0.3 is 9.67 Å². The summed E-state index contributed by atoms with van der Waals surface area (Å²) in [6, 6.07) is 8.93. The summed E-state index contributed by atoms with van der Waals surface area (Å²) in [6.07, 6.45) is 5.63. The Kier molecular flexibility index (Phi) is 4.87. The molecule has 4 nitrogen and oxygen atoms in total. The Morgan fingerprint density at radius 2 is 1.85 bits per heavy atom. The van der Waals surface area contributed by atoms with Crippen molar-refractivity contribution >= 4 is 51.0 Å². The molecule has 6 heteroatoms. The first kappa shape index (κ1) is 18.3. The molecule has 0 saturated heterocycles. The van der Waals surface area contributed by atoms with Crippen molar-refractivity contribution in [3.63, 3.8) is 0 Å².